The molecule has 2 heterocycles. The third-order valence-electron chi connectivity index (χ3n) is 6.01. The SMILES string of the molecule is CC(C)(C)N(CC(=O)N1CCc2sccc2C1COc1ccc(Cl)cc1)C(=O)c1ccccc1. The van der Waals surface area contributed by atoms with Gasteiger partial charge in [0.15, 0.2) is 0 Å². The standard InChI is InChI=1S/C27H29ClN2O3S/c1-27(2,3)30(26(32)19-7-5-4-6-8-19)17-25(31)29-15-13-24-22(14-16-34-24)23(29)18-33-21-11-9-20(28)10-12-21/h4-12,14,16,23H,13,15,17-18H2,1-3H3. The smallest absolute Gasteiger partial charge is 0.254 e. The molecule has 0 saturated carbocycles. The largest absolute Gasteiger partial charge is 0.491 e. The van der Waals surface area contributed by atoms with Gasteiger partial charge in [-0.25, -0.2) is 0 Å². The van der Waals surface area contributed by atoms with E-state index in [0.29, 0.717) is 29.5 Å². The van der Waals surface area contributed by atoms with Gasteiger partial charge in [-0.1, -0.05) is 29.8 Å². The van der Waals surface area contributed by atoms with E-state index in [1.807, 2.05) is 56.0 Å². The van der Waals surface area contributed by atoms with E-state index in [1.165, 1.54) is 4.88 Å². The van der Waals surface area contributed by atoms with Crippen molar-refractivity contribution in [3.05, 3.63) is 87.1 Å². The molecule has 4 rings (SSSR count). The number of thiophene rings is 1. The van der Waals surface area contributed by atoms with Crippen LogP contribution in [-0.2, 0) is 11.2 Å². The van der Waals surface area contributed by atoms with Crippen LogP contribution in [0.15, 0.2) is 66.0 Å². The van der Waals surface area contributed by atoms with E-state index in [1.54, 1.807) is 40.5 Å². The van der Waals surface area contributed by atoms with E-state index in [-0.39, 0.29) is 24.4 Å². The molecule has 0 aliphatic carbocycles. The van der Waals surface area contributed by atoms with Gasteiger partial charge >= 0.3 is 0 Å². The zero-order chi connectivity index (χ0) is 24.3. The van der Waals surface area contributed by atoms with Crippen LogP contribution in [0.4, 0.5) is 0 Å². The molecule has 0 radical (unpaired) electrons. The number of carbonyl (C=O) groups is 2. The number of nitrogens with zero attached hydrogens (tertiary/aromatic N) is 2. The topological polar surface area (TPSA) is 49.9 Å². The molecule has 5 nitrogen and oxygen atoms in total. The Morgan fingerprint density at radius 3 is 2.47 bits per heavy atom. The Balaban J connectivity index is 1.55. The monoisotopic (exact) mass is 496 g/mol. The van der Waals surface area contributed by atoms with E-state index in [4.69, 9.17) is 16.3 Å². The lowest BCUT2D eigenvalue weighted by atomic mass is 9.99. The molecule has 1 unspecified atom stereocenters. The molecule has 1 aromatic heterocycles. The molecule has 0 spiro atoms. The van der Waals surface area contributed by atoms with Crippen LogP contribution >= 0.6 is 22.9 Å². The Labute approximate surface area is 209 Å². The molecule has 1 aliphatic heterocycles. The summed E-state index contributed by atoms with van der Waals surface area (Å²) in [7, 11) is 0. The summed E-state index contributed by atoms with van der Waals surface area (Å²) >= 11 is 7.70. The van der Waals surface area contributed by atoms with Crippen molar-refractivity contribution < 1.29 is 14.3 Å². The van der Waals surface area contributed by atoms with E-state index in [0.717, 1.165) is 12.0 Å². The molecule has 2 aromatic carbocycles. The third-order valence-corrected chi connectivity index (χ3v) is 7.25. The lowest BCUT2D eigenvalue weighted by molar-refractivity contribution is -0.136. The molecule has 0 bridgehead atoms. The van der Waals surface area contributed by atoms with E-state index < -0.39 is 5.54 Å². The normalized spacial score (nSPS) is 15.5. The molecule has 7 heteroatoms. The number of halogens is 1. The van der Waals surface area contributed by atoms with Crippen LogP contribution in [0.1, 0.15) is 47.6 Å². The van der Waals surface area contributed by atoms with Gasteiger partial charge in [-0.2, -0.15) is 0 Å². The highest BCUT2D eigenvalue weighted by atomic mass is 35.5. The quantitative estimate of drug-likeness (QED) is 0.430. The lowest BCUT2D eigenvalue weighted by Crippen LogP contribution is -2.53. The summed E-state index contributed by atoms with van der Waals surface area (Å²) < 4.78 is 6.07. The van der Waals surface area contributed by atoms with Gasteiger partial charge in [-0.05, 0) is 80.6 Å². The fourth-order valence-corrected chi connectivity index (χ4v) is 5.21. The van der Waals surface area contributed by atoms with Crippen molar-refractivity contribution in [3.63, 3.8) is 0 Å². The number of fused-ring (bicyclic) bond motifs is 1. The molecule has 178 valence electrons. The Bertz CT molecular complexity index is 1140. The summed E-state index contributed by atoms with van der Waals surface area (Å²) in [5, 5.41) is 2.71. The van der Waals surface area contributed by atoms with Crippen LogP contribution in [0.25, 0.3) is 0 Å². The Hall–Kier alpha value is -2.83. The van der Waals surface area contributed by atoms with Crippen LogP contribution in [0.5, 0.6) is 5.75 Å². The van der Waals surface area contributed by atoms with Crippen LogP contribution in [-0.4, -0.2) is 46.8 Å². The highest BCUT2D eigenvalue weighted by Gasteiger charge is 2.36. The first-order valence-corrected chi connectivity index (χ1v) is 12.6. The zero-order valence-electron chi connectivity index (χ0n) is 19.7. The van der Waals surface area contributed by atoms with Crippen molar-refractivity contribution in [2.45, 2.75) is 38.8 Å². The number of carbonyl (C=O) groups excluding carboxylic acids is 2. The summed E-state index contributed by atoms with van der Waals surface area (Å²) in [5.74, 6) is 0.471. The predicted molar refractivity (Wildman–Crippen MR) is 137 cm³/mol. The minimum Gasteiger partial charge on any atom is -0.491 e. The van der Waals surface area contributed by atoms with Crippen molar-refractivity contribution in [2.24, 2.45) is 0 Å². The second-order valence-electron chi connectivity index (χ2n) is 9.35. The average molecular weight is 497 g/mol. The summed E-state index contributed by atoms with van der Waals surface area (Å²) in [6.45, 7) is 6.80. The number of benzene rings is 2. The van der Waals surface area contributed by atoms with Crippen LogP contribution in [0.2, 0.25) is 5.02 Å². The number of rotatable bonds is 6. The first kappa shape index (κ1) is 24.3. The molecule has 34 heavy (non-hydrogen) atoms. The fraction of sp³-hybridized carbons (Fsp3) is 0.333. The molecule has 0 fully saturated rings. The molecule has 0 saturated heterocycles. The maximum atomic E-state index is 13.7. The van der Waals surface area contributed by atoms with Crippen molar-refractivity contribution in [1.82, 2.24) is 9.80 Å². The zero-order valence-corrected chi connectivity index (χ0v) is 21.2. The second-order valence-corrected chi connectivity index (χ2v) is 10.8. The second kappa shape index (κ2) is 10.2. The van der Waals surface area contributed by atoms with Crippen molar-refractivity contribution >= 4 is 34.8 Å². The molecular formula is C27H29ClN2O3S. The molecule has 1 atom stereocenters. The van der Waals surface area contributed by atoms with Gasteiger partial charge < -0.3 is 14.5 Å². The summed E-state index contributed by atoms with van der Waals surface area (Å²) in [6.07, 6.45) is 0.804. The molecule has 3 aromatic rings. The minimum absolute atomic E-state index is 0.00808. The number of amides is 2. The summed E-state index contributed by atoms with van der Waals surface area (Å²) in [5.41, 5.74) is 1.18. The van der Waals surface area contributed by atoms with Crippen molar-refractivity contribution in [2.75, 3.05) is 19.7 Å². The van der Waals surface area contributed by atoms with Gasteiger partial charge in [0.2, 0.25) is 5.91 Å². The van der Waals surface area contributed by atoms with Gasteiger partial charge in [0, 0.05) is 27.5 Å². The highest BCUT2D eigenvalue weighted by molar-refractivity contribution is 7.10. The third kappa shape index (κ3) is 5.45. The average Bonchev–Trinajstić information content (AvgIpc) is 3.30. The highest BCUT2D eigenvalue weighted by Crippen LogP contribution is 2.34. The Kier molecular flexibility index (Phi) is 7.29. The van der Waals surface area contributed by atoms with Gasteiger partial charge in [-0.3, -0.25) is 9.59 Å². The molecular weight excluding hydrogens is 468 g/mol. The van der Waals surface area contributed by atoms with E-state index in [9.17, 15) is 9.59 Å². The van der Waals surface area contributed by atoms with E-state index in [2.05, 4.69) is 11.4 Å². The Morgan fingerprint density at radius 2 is 1.79 bits per heavy atom. The van der Waals surface area contributed by atoms with Gasteiger partial charge in [0.05, 0.1) is 6.04 Å². The summed E-state index contributed by atoms with van der Waals surface area (Å²) in [4.78, 5) is 31.8. The molecule has 0 N–H and O–H groups in total. The lowest BCUT2D eigenvalue weighted by Gasteiger charge is -2.40. The predicted octanol–water partition coefficient (Wildman–Crippen LogP) is 5.85. The van der Waals surface area contributed by atoms with Gasteiger partial charge in [-0.15, -0.1) is 11.3 Å². The minimum atomic E-state index is -0.513. The number of hydrogen-bond acceptors (Lipinski definition) is 4. The fourth-order valence-electron chi connectivity index (χ4n) is 4.16. The number of hydrogen-bond donors (Lipinski definition) is 0. The van der Waals surface area contributed by atoms with Crippen molar-refractivity contribution in [3.8, 4) is 5.75 Å². The van der Waals surface area contributed by atoms with Gasteiger partial charge in [0.25, 0.3) is 5.91 Å². The van der Waals surface area contributed by atoms with Gasteiger partial charge in [0.1, 0.15) is 18.9 Å². The summed E-state index contributed by atoms with van der Waals surface area (Å²) in [6, 6.07) is 18.2. The molecule has 2 amide bonds. The molecule has 1 aliphatic rings. The van der Waals surface area contributed by atoms with Crippen LogP contribution in [0, 0.1) is 0 Å². The van der Waals surface area contributed by atoms with Crippen LogP contribution in [0.3, 0.4) is 0 Å². The van der Waals surface area contributed by atoms with E-state index >= 15 is 0 Å². The maximum absolute atomic E-state index is 13.7. The Morgan fingerprint density at radius 1 is 1.09 bits per heavy atom. The number of ether oxygens (including phenoxy) is 1. The first-order valence-electron chi connectivity index (χ1n) is 11.3. The first-order chi connectivity index (χ1) is 16.2. The maximum Gasteiger partial charge on any atom is 0.254 e. The van der Waals surface area contributed by atoms with Crippen molar-refractivity contribution in [1.29, 1.82) is 0 Å². The van der Waals surface area contributed by atoms with Crippen LogP contribution < -0.4 is 4.74 Å².